The number of hydrogen-bond acceptors (Lipinski definition) is 1. The highest BCUT2D eigenvalue weighted by molar-refractivity contribution is 6.19. The maximum absolute atomic E-state index is 6.86. The number of allylic oxidation sites excluding steroid dienone is 4. The van der Waals surface area contributed by atoms with Crippen LogP contribution in [0.2, 0.25) is 0 Å². The van der Waals surface area contributed by atoms with Crippen molar-refractivity contribution in [2.45, 2.75) is 25.7 Å². The first kappa shape index (κ1) is 31.8. The van der Waals surface area contributed by atoms with Gasteiger partial charge in [0.2, 0.25) is 0 Å². The van der Waals surface area contributed by atoms with Gasteiger partial charge in [-0.25, -0.2) is 0 Å². The summed E-state index contributed by atoms with van der Waals surface area (Å²) in [4.78, 5) is 0. The van der Waals surface area contributed by atoms with Gasteiger partial charge in [0.15, 0.2) is 0 Å². The molecule has 0 fully saturated rings. The maximum atomic E-state index is 6.86. The Bertz CT molecular complexity index is 3130. The second kappa shape index (κ2) is 13.0. The Hall–Kier alpha value is -6.70. The van der Waals surface area contributed by atoms with Crippen molar-refractivity contribution >= 4 is 54.6 Å². The van der Waals surface area contributed by atoms with E-state index in [2.05, 4.69) is 182 Å². The Morgan fingerprint density at radius 3 is 1.55 bits per heavy atom. The minimum atomic E-state index is 0.923. The van der Waals surface area contributed by atoms with Crippen LogP contribution in [0.4, 0.5) is 0 Å². The summed E-state index contributed by atoms with van der Waals surface area (Å²) in [6.07, 6.45) is 11.2. The van der Waals surface area contributed by atoms with E-state index < -0.39 is 0 Å². The van der Waals surface area contributed by atoms with Crippen LogP contribution >= 0.6 is 0 Å². The zero-order valence-electron chi connectivity index (χ0n) is 30.6. The average Bonchev–Trinajstić information content (AvgIpc) is 3.65. The summed E-state index contributed by atoms with van der Waals surface area (Å²) in [5.74, 6) is 0. The van der Waals surface area contributed by atoms with E-state index in [9.17, 15) is 0 Å². The Morgan fingerprint density at radius 1 is 0.382 bits per heavy atom. The Morgan fingerprint density at radius 2 is 0.891 bits per heavy atom. The van der Waals surface area contributed by atoms with E-state index in [1.54, 1.807) is 0 Å². The number of hydrogen-bond donors (Lipinski definition) is 0. The fourth-order valence-corrected chi connectivity index (χ4v) is 9.48. The van der Waals surface area contributed by atoms with Gasteiger partial charge in [-0.1, -0.05) is 176 Å². The van der Waals surface area contributed by atoms with Gasteiger partial charge in [-0.15, -0.1) is 0 Å². The molecule has 8 aromatic carbocycles. The molecule has 2 aliphatic rings. The van der Waals surface area contributed by atoms with Gasteiger partial charge in [0, 0.05) is 21.9 Å². The Labute approximate surface area is 320 Å². The molecule has 0 unspecified atom stereocenters. The molecule has 11 rings (SSSR count). The van der Waals surface area contributed by atoms with Crippen molar-refractivity contribution in [3.8, 4) is 33.4 Å². The number of rotatable bonds is 5. The van der Waals surface area contributed by atoms with Crippen LogP contribution in [-0.2, 0) is 0 Å². The standard InChI is InChI=1S/C54H38O/c1-3-16-35(17-4-1)39-32-33-48(43-23-8-7-22-42(39)43)52-46-26-11-9-24-44(46)51(45-25-10-12-27-47(45)52)38-21-13-20-37(34-38)41-29-15-31-50-49-30-14-28-40(53(49)55-54(41)50)36-18-5-2-6-19-36/h1-3,5-16,18-31,34H,4,17,32-33H2. The first-order chi connectivity index (χ1) is 27.3. The molecule has 0 N–H and O–H groups in total. The molecule has 0 saturated carbocycles. The van der Waals surface area contributed by atoms with Crippen LogP contribution in [0.1, 0.15) is 31.2 Å². The maximum Gasteiger partial charge on any atom is 0.143 e. The second-order valence-electron chi connectivity index (χ2n) is 14.9. The third kappa shape index (κ3) is 5.15. The number of benzene rings is 8. The first-order valence-corrected chi connectivity index (χ1v) is 19.5. The SMILES string of the molecule is C1=CCCC(C2=c3ccccc3=C(c3c4ccccc4c(-c4cccc(-c5cccc6c5oc5c(-c7ccccc7)cccc56)c4)c4ccccc34)CC2)=C1. The quantitative estimate of drug-likeness (QED) is 0.163. The minimum absolute atomic E-state index is 0.923. The van der Waals surface area contributed by atoms with Crippen molar-refractivity contribution in [3.63, 3.8) is 0 Å². The van der Waals surface area contributed by atoms with E-state index in [1.165, 1.54) is 65.4 Å². The van der Waals surface area contributed by atoms with Crippen LogP contribution in [0, 0.1) is 0 Å². The van der Waals surface area contributed by atoms with Crippen molar-refractivity contribution in [1.29, 1.82) is 0 Å². The van der Waals surface area contributed by atoms with Gasteiger partial charge < -0.3 is 4.42 Å². The smallest absolute Gasteiger partial charge is 0.143 e. The highest BCUT2D eigenvalue weighted by atomic mass is 16.3. The number of para-hydroxylation sites is 2. The van der Waals surface area contributed by atoms with Gasteiger partial charge >= 0.3 is 0 Å². The summed E-state index contributed by atoms with van der Waals surface area (Å²) in [7, 11) is 0. The molecule has 1 heterocycles. The van der Waals surface area contributed by atoms with Crippen LogP contribution in [-0.4, -0.2) is 0 Å². The molecule has 55 heavy (non-hydrogen) atoms. The molecule has 2 aliphatic carbocycles. The van der Waals surface area contributed by atoms with E-state index in [4.69, 9.17) is 4.42 Å². The molecule has 260 valence electrons. The zero-order chi connectivity index (χ0) is 36.3. The highest BCUT2D eigenvalue weighted by Crippen LogP contribution is 2.45. The van der Waals surface area contributed by atoms with Crippen molar-refractivity contribution < 1.29 is 4.42 Å². The van der Waals surface area contributed by atoms with Crippen molar-refractivity contribution in [2.75, 3.05) is 0 Å². The third-order valence-electron chi connectivity index (χ3n) is 11.9. The molecule has 1 heteroatoms. The van der Waals surface area contributed by atoms with Gasteiger partial charge in [-0.2, -0.15) is 0 Å². The summed E-state index contributed by atoms with van der Waals surface area (Å²) >= 11 is 0. The molecular formula is C54H38O. The van der Waals surface area contributed by atoms with E-state index in [0.29, 0.717) is 0 Å². The normalized spacial score (nSPS) is 14.2. The van der Waals surface area contributed by atoms with Crippen LogP contribution in [0.5, 0.6) is 0 Å². The molecule has 0 spiro atoms. The van der Waals surface area contributed by atoms with E-state index >= 15 is 0 Å². The summed E-state index contributed by atoms with van der Waals surface area (Å²) in [6.45, 7) is 0. The topological polar surface area (TPSA) is 13.1 Å². The molecule has 0 atom stereocenters. The van der Waals surface area contributed by atoms with Crippen molar-refractivity contribution in [3.05, 3.63) is 204 Å². The Kier molecular flexibility index (Phi) is 7.52. The molecule has 0 bridgehead atoms. The second-order valence-corrected chi connectivity index (χ2v) is 14.9. The van der Waals surface area contributed by atoms with Crippen molar-refractivity contribution in [2.24, 2.45) is 0 Å². The number of furan rings is 1. The molecular weight excluding hydrogens is 665 g/mol. The van der Waals surface area contributed by atoms with Crippen LogP contribution in [0.15, 0.2) is 192 Å². The lowest BCUT2D eigenvalue weighted by atomic mass is 9.80. The van der Waals surface area contributed by atoms with E-state index in [1.807, 2.05) is 0 Å². The van der Waals surface area contributed by atoms with Crippen LogP contribution in [0.3, 0.4) is 0 Å². The fraction of sp³-hybridized carbons (Fsp3) is 0.0741. The van der Waals surface area contributed by atoms with Gasteiger partial charge in [0.25, 0.3) is 0 Å². The number of fused-ring (bicyclic) bond motifs is 6. The summed E-state index contributed by atoms with van der Waals surface area (Å²) < 4.78 is 6.86. The summed E-state index contributed by atoms with van der Waals surface area (Å²) in [5.41, 5.74) is 14.7. The van der Waals surface area contributed by atoms with Gasteiger partial charge in [-0.05, 0) is 108 Å². The molecule has 1 nitrogen and oxygen atoms in total. The third-order valence-corrected chi connectivity index (χ3v) is 11.9. The predicted octanol–water partition coefficient (Wildman–Crippen LogP) is 13.3. The average molecular weight is 703 g/mol. The molecule has 0 radical (unpaired) electrons. The lowest BCUT2D eigenvalue weighted by Gasteiger charge is -2.24. The Balaban J connectivity index is 1.13. The van der Waals surface area contributed by atoms with E-state index in [-0.39, 0.29) is 0 Å². The molecule has 9 aromatic rings. The van der Waals surface area contributed by atoms with Crippen molar-refractivity contribution in [1.82, 2.24) is 0 Å². The largest absolute Gasteiger partial charge is 0.455 e. The van der Waals surface area contributed by atoms with Crippen LogP contribution < -0.4 is 10.4 Å². The minimum Gasteiger partial charge on any atom is -0.455 e. The van der Waals surface area contributed by atoms with Gasteiger partial charge in [0.1, 0.15) is 11.2 Å². The fourth-order valence-electron chi connectivity index (χ4n) is 9.48. The van der Waals surface area contributed by atoms with Crippen LogP contribution in [0.25, 0.3) is 88.0 Å². The molecule has 1 aromatic heterocycles. The summed E-state index contributed by atoms with van der Waals surface area (Å²) in [6, 6.07) is 59.9. The monoisotopic (exact) mass is 702 g/mol. The molecule has 0 aliphatic heterocycles. The molecule has 0 saturated heterocycles. The molecule has 0 amide bonds. The lowest BCUT2D eigenvalue weighted by molar-refractivity contribution is 0.671. The van der Waals surface area contributed by atoms with E-state index in [0.717, 1.165) is 69.9 Å². The first-order valence-electron chi connectivity index (χ1n) is 19.5. The van der Waals surface area contributed by atoms with Gasteiger partial charge in [-0.3, -0.25) is 0 Å². The zero-order valence-corrected chi connectivity index (χ0v) is 30.6. The predicted molar refractivity (Wildman–Crippen MR) is 232 cm³/mol. The summed E-state index contributed by atoms with van der Waals surface area (Å²) in [5, 5.41) is 10.2. The lowest BCUT2D eigenvalue weighted by Crippen LogP contribution is -2.33. The van der Waals surface area contributed by atoms with Gasteiger partial charge in [0.05, 0.1) is 0 Å². The highest BCUT2D eigenvalue weighted by Gasteiger charge is 2.23.